The molecule has 3 heterocycles. The third-order valence-corrected chi connectivity index (χ3v) is 5.54. The molecule has 1 atom stereocenters. The number of hydrogen-bond donors (Lipinski definition) is 1. The molecule has 3 rings (SSSR count). The average molecular weight is 346 g/mol. The van der Waals surface area contributed by atoms with Crippen LogP contribution in [0, 0.1) is 0 Å². The van der Waals surface area contributed by atoms with E-state index in [-0.39, 0.29) is 11.9 Å². The number of unbranched alkanes of at least 4 members (excludes halogenated alkanes) is 1. The minimum atomic E-state index is 0.150. The number of aryl methyl sites for hydroxylation is 1. The lowest BCUT2D eigenvalue weighted by Gasteiger charge is -2.26. The highest BCUT2D eigenvalue weighted by Gasteiger charge is 2.25. The molecule has 0 bridgehead atoms. The Hall–Kier alpha value is -1.59. The summed E-state index contributed by atoms with van der Waals surface area (Å²) < 4.78 is 5.59. The lowest BCUT2D eigenvalue weighted by molar-refractivity contribution is -0.121. The fraction of sp³-hybridized carbons (Fsp3) is 0.526. The maximum atomic E-state index is 12.1. The second-order valence-electron chi connectivity index (χ2n) is 6.36. The maximum absolute atomic E-state index is 12.1. The van der Waals surface area contributed by atoms with E-state index in [0.717, 1.165) is 38.1 Å². The van der Waals surface area contributed by atoms with Gasteiger partial charge in [0, 0.05) is 17.8 Å². The highest BCUT2D eigenvalue weighted by Crippen LogP contribution is 2.24. The molecule has 1 fully saturated rings. The Bertz CT molecular complexity index is 589. The number of nitrogens with one attached hydrogen (secondary N) is 1. The normalized spacial score (nSPS) is 16.3. The minimum absolute atomic E-state index is 0.150. The average Bonchev–Trinajstić information content (AvgIpc) is 3.34. The van der Waals surface area contributed by atoms with Gasteiger partial charge in [-0.2, -0.15) is 0 Å². The van der Waals surface area contributed by atoms with Crippen molar-refractivity contribution in [2.45, 2.75) is 44.6 Å². The fourth-order valence-electron chi connectivity index (χ4n) is 3.28. The summed E-state index contributed by atoms with van der Waals surface area (Å²) in [5.74, 6) is 1.10. The Morgan fingerprint density at radius 2 is 2.12 bits per heavy atom. The molecule has 130 valence electrons. The highest BCUT2D eigenvalue weighted by atomic mass is 32.1. The zero-order valence-corrected chi connectivity index (χ0v) is 14.9. The number of likely N-dealkylation sites (tertiary alicyclic amines) is 1. The second kappa shape index (κ2) is 9.04. The number of carbonyl (C=O) groups excluding carboxylic acids is 1. The Balaban J connectivity index is 1.39. The first-order valence-electron chi connectivity index (χ1n) is 8.89. The Morgan fingerprint density at radius 1 is 1.25 bits per heavy atom. The molecule has 4 nitrogen and oxygen atoms in total. The maximum Gasteiger partial charge on any atom is 0.220 e. The van der Waals surface area contributed by atoms with Crippen LogP contribution in [0.4, 0.5) is 0 Å². The number of nitrogens with zero attached hydrogens (tertiary/aromatic N) is 1. The quantitative estimate of drug-likeness (QED) is 0.698. The summed E-state index contributed by atoms with van der Waals surface area (Å²) in [7, 11) is 0. The molecular weight excluding hydrogens is 320 g/mol. The minimum Gasteiger partial charge on any atom is -0.468 e. The molecule has 0 aliphatic carbocycles. The van der Waals surface area contributed by atoms with Crippen LogP contribution in [-0.4, -0.2) is 30.4 Å². The first-order valence-corrected chi connectivity index (χ1v) is 9.77. The number of carbonyl (C=O) groups is 1. The SMILES string of the molecule is O=C(CCCCc1cccs1)NCC(c1ccco1)N1CCCC1. The second-order valence-corrected chi connectivity index (χ2v) is 7.40. The van der Waals surface area contributed by atoms with Gasteiger partial charge >= 0.3 is 0 Å². The lowest BCUT2D eigenvalue weighted by atomic mass is 10.1. The van der Waals surface area contributed by atoms with Crippen LogP contribution in [0.3, 0.4) is 0 Å². The number of amides is 1. The molecule has 1 saturated heterocycles. The van der Waals surface area contributed by atoms with Crippen molar-refractivity contribution in [1.29, 1.82) is 0 Å². The van der Waals surface area contributed by atoms with E-state index in [1.54, 1.807) is 17.6 Å². The molecule has 1 N–H and O–H groups in total. The number of rotatable bonds is 9. The van der Waals surface area contributed by atoms with Crippen LogP contribution < -0.4 is 5.32 Å². The van der Waals surface area contributed by atoms with Crippen molar-refractivity contribution in [2.75, 3.05) is 19.6 Å². The van der Waals surface area contributed by atoms with Crippen LogP contribution in [0.25, 0.3) is 0 Å². The van der Waals surface area contributed by atoms with Gasteiger partial charge in [-0.15, -0.1) is 11.3 Å². The zero-order chi connectivity index (χ0) is 16.6. The molecular formula is C19H26N2O2S. The summed E-state index contributed by atoms with van der Waals surface area (Å²) in [4.78, 5) is 16.0. The van der Waals surface area contributed by atoms with Gasteiger partial charge in [-0.3, -0.25) is 9.69 Å². The van der Waals surface area contributed by atoms with E-state index < -0.39 is 0 Å². The molecule has 1 aliphatic rings. The summed E-state index contributed by atoms with van der Waals surface area (Å²) in [6.45, 7) is 2.81. The zero-order valence-electron chi connectivity index (χ0n) is 14.1. The van der Waals surface area contributed by atoms with E-state index in [1.165, 1.54) is 17.7 Å². The van der Waals surface area contributed by atoms with Gasteiger partial charge in [-0.1, -0.05) is 6.07 Å². The molecule has 5 heteroatoms. The van der Waals surface area contributed by atoms with Crippen molar-refractivity contribution < 1.29 is 9.21 Å². The van der Waals surface area contributed by atoms with Crippen molar-refractivity contribution in [3.63, 3.8) is 0 Å². The van der Waals surface area contributed by atoms with E-state index in [9.17, 15) is 4.79 Å². The van der Waals surface area contributed by atoms with Crippen LogP contribution in [0.2, 0.25) is 0 Å². The van der Waals surface area contributed by atoms with E-state index in [1.807, 2.05) is 12.1 Å². The third kappa shape index (κ3) is 4.95. The number of thiophene rings is 1. The lowest BCUT2D eigenvalue weighted by Crippen LogP contribution is -2.36. The third-order valence-electron chi connectivity index (χ3n) is 4.60. The van der Waals surface area contributed by atoms with E-state index >= 15 is 0 Å². The Morgan fingerprint density at radius 3 is 2.83 bits per heavy atom. The van der Waals surface area contributed by atoms with Gasteiger partial charge in [0.1, 0.15) is 5.76 Å². The predicted octanol–water partition coefficient (Wildman–Crippen LogP) is 4.01. The van der Waals surface area contributed by atoms with Crippen LogP contribution in [-0.2, 0) is 11.2 Å². The molecule has 1 unspecified atom stereocenters. The van der Waals surface area contributed by atoms with Crippen LogP contribution in [0.15, 0.2) is 40.3 Å². The predicted molar refractivity (Wildman–Crippen MR) is 97.1 cm³/mol. The molecule has 2 aromatic rings. The Kier molecular flexibility index (Phi) is 6.49. The summed E-state index contributed by atoms with van der Waals surface area (Å²) in [5, 5.41) is 5.21. The largest absolute Gasteiger partial charge is 0.468 e. The van der Waals surface area contributed by atoms with Crippen molar-refractivity contribution in [2.24, 2.45) is 0 Å². The summed E-state index contributed by atoms with van der Waals surface area (Å²) in [5.41, 5.74) is 0. The molecule has 0 spiro atoms. The molecule has 0 aromatic carbocycles. The first kappa shape index (κ1) is 17.2. The van der Waals surface area contributed by atoms with Crippen molar-refractivity contribution in [1.82, 2.24) is 10.2 Å². The molecule has 1 amide bonds. The van der Waals surface area contributed by atoms with Crippen molar-refractivity contribution in [3.05, 3.63) is 46.5 Å². The highest BCUT2D eigenvalue weighted by molar-refractivity contribution is 7.09. The van der Waals surface area contributed by atoms with E-state index in [0.29, 0.717) is 13.0 Å². The van der Waals surface area contributed by atoms with Gasteiger partial charge in [0.2, 0.25) is 5.91 Å². The van der Waals surface area contributed by atoms with Gasteiger partial charge in [-0.05, 0) is 68.8 Å². The van der Waals surface area contributed by atoms with Gasteiger partial charge in [-0.25, -0.2) is 0 Å². The van der Waals surface area contributed by atoms with Crippen LogP contribution in [0.1, 0.15) is 48.8 Å². The summed E-state index contributed by atoms with van der Waals surface area (Å²) in [6, 6.07) is 8.34. The van der Waals surface area contributed by atoms with Crippen LogP contribution >= 0.6 is 11.3 Å². The molecule has 1 aliphatic heterocycles. The van der Waals surface area contributed by atoms with Gasteiger partial charge in [0.05, 0.1) is 12.3 Å². The Labute approximate surface area is 147 Å². The summed E-state index contributed by atoms with van der Waals surface area (Å²) in [6.07, 6.45) is 7.87. The van der Waals surface area contributed by atoms with Gasteiger partial charge in [0.25, 0.3) is 0 Å². The van der Waals surface area contributed by atoms with Crippen molar-refractivity contribution >= 4 is 17.2 Å². The molecule has 2 aromatic heterocycles. The molecule has 0 saturated carbocycles. The van der Waals surface area contributed by atoms with Gasteiger partial charge < -0.3 is 9.73 Å². The fourth-order valence-corrected chi connectivity index (χ4v) is 4.03. The standard InChI is InChI=1S/C19H26N2O2S/c22-19(10-2-1-7-16-8-6-14-24-16)20-15-17(18-9-5-13-23-18)21-11-3-4-12-21/h5-6,8-9,13-14,17H,1-4,7,10-12,15H2,(H,20,22). The van der Waals surface area contributed by atoms with Crippen LogP contribution in [0.5, 0.6) is 0 Å². The smallest absolute Gasteiger partial charge is 0.220 e. The van der Waals surface area contributed by atoms with E-state index in [4.69, 9.17) is 4.42 Å². The summed E-state index contributed by atoms with van der Waals surface area (Å²) >= 11 is 1.79. The van der Waals surface area contributed by atoms with Crippen molar-refractivity contribution in [3.8, 4) is 0 Å². The number of hydrogen-bond acceptors (Lipinski definition) is 4. The monoisotopic (exact) mass is 346 g/mol. The van der Waals surface area contributed by atoms with E-state index in [2.05, 4.69) is 27.7 Å². The molecule has 0 radical (unpaired) electrons. The van der Waals surface area contributed by atoms with Gasteiger partial charge in [0.15, 0.2) is 0 Å². The topological polar surface area (TPSA) is 45.5 Å². The molecule has 24 heavy (non-hydrogen) atoms. The first-order chi connectivity index (χ1) is 11.8. The number of furan rings is 1.